The first-order chi connectivity index (χ1) is 13.1. The highest BCUT2D eigenvalue weighted by Gasteiger charge is 2.28. The molecule has 3 aromatic rings. The number of likely N-dealkylation sites (tertiary alicyclic amines) is 1. The Morgan fingerprint density at radius 1 is 1.04 bits per heavy atom. The van der Waals surface area contributed by atoms with Gasteiger partial charge < -0.3 is 10.6 Å². The molecule has 0 aliphatic carbocycles. The number of fused-ring (bicyclic) bond motifs is 1. The summed E-state index contributed by atoms with van der Waals surface area (Å²) in [6.45, 7) is 1.21. The van der Waals surface area contributed by atoms with Gasteiger partial charge in [-0.25, -0.2) is 0 Å². The SMILES string of the molecule is NC(=O)c1cc2ccccc2nc1C1CCN(C(=O)c2ccccn2)CC1. The molecule has 1 fully saturated rings. The topological polar surface area (TPSA) is 89.2 Å². The lowest BCUT2D eigenvalue weighted by Crippen LogP contribution is -2.38. The molecule has 0 spiro atoms. The first kappa shape index (κ1) is 17.1. The van der Waals surface area contributed by atoms with Gasteiger partial charge in [-0.3, -0.25) is 19.6 Å². The van der Waals surface area contributed by atoms with E-state index >= 15 is 0 Å². The molecule has 4 rings (SSSR count). The van der Waals surface area contributed by atoms with Crippen molar-refractivity contribution in [1.29, 1.82) is 0 Å². The maximum absolute atomic E-state index is 12.6. The number of carbonyl (C=O) groups excluding carboxylic acids is 2. The molecule has 0 bridgehead atoms. The molecule has 2 amide bonds. The Morgan fingerprint density at radius 2 is 1.78 bits per heavy atom. The molecule has 1 aromatic carbocycles. The Balaban J connectivity index is 1.57. The van der Waals surface area contributed by atoms with E-state index < -0.39 is 5.91 Å². The van der Waals surface area contributed by atoms with Crippen molar-refractivity contribution in [3.05, 3.63) is 71.7 Å². The number of carbonyl (C=O) groups is 2. The van der Waals surface area contributed by atoms with Crippen LogP contribution in [0.2, 0.25) is 0 Å². The van der Waals surface area contributed by atoms with Crippen LogP contribution in [0.5, 0.6) is 0 Å². The second kappa shape index (κ2) is 7.15. The molecular formula is C21H20N4O2. The molecule has 1 aliphatic heterocycles. The maximum atomic E-state index is 12.6. The molecule has 6 heteroatoms. The number of hydrogen-bond acceptors (Lipinski definition) is 4. The van der Waals surface area contributed by atoms with Crippen molar-refractivity contribution in [3.8, 4) is 0 Å². The number of hydrogen-bond donors (Lipinski definition) is 1. The normalized spacial score (nSPS) is 15.0. The van der Waals surface area contributed by atoms with Gasteiger partial charge in [-0.05, 0) is 37.1 Å². The number of nitrogens with zero attached hydrogens (tertiary/aromatic N) is 3. The van der Waals surface area contributed by atoms with Gasteiger partial charge in [-0.1, -0.05) is 24.3 Å². The first-order valence-corrected chi connectivity index (χ1v) is 9.03. The molecule has 2 N–H and O–H groups in total. The minimum Gasteiger partial charge on any atom is -0.366 e. The van der Waals surface area contributed by atoms with E-state index in [9.17, 15) is 9.59 Å². The summed E-state index contributed by atoms with van der Waals surface area (Å²) < 4.78 is 0. The van der Waals surface area contributed by atoms with Crippen molar-refractivity contribution in [2.24, 2.45) is 5.73 Å². The number of para-hydroxylation sites is 1. The predicted molar refractivity (Wildman–Crippen MR) is 102 cm³/mol. The minimum absolute atomic E-state index is 0.0596. The smallest absolute Gasteiger partial charge is 0.272 e. The molecule has 27 heavy (non-hydrogen) atoms. The molecule has 3 heterocycles. The number of benzene rings is 1. The predicted octanol–water partition coefficient (Wildman–Crippen LogP) is 2.75. The Kier molecular flexibility index (Phi) is 4.54. The van der Waals surface area contributed by atoms with Crippen molar-refractivity contribution in [3.63, 3.8) is 0 Å². The van der Waals surface area contributed by atoms with E-state index in [1.807, 2.05) is 41.3 Å². The van der Waals surface area contributed by atoms with Crippen LogP contribution in [0.3, 0.4) is 0 Å². The van der Waals surface area contributed by atoms with Gasteiger partial charge in [0, 0.05) is 30.6 Å². The van der Waals surface area contributed by atoms with E-state index in [-0.39, 0.29) is 11.8 Å². The van der Waals surface area contributed by atoms with Gasteiger partial charge in [0.15, 0.2) is 0 Å². The fourth-order valence-electron chi connectivity index (χ4n) is 3.65. The number of aromatic nitrogens is 2. The largest absolute Gasteiger partial charge is 0.366 e. The summed E-state index contributed by atoms with van der Waals surface area (Å²) in [5.41, 5.74) is 8.14. The van der Waals surface area contributed by atoms with Crippen LogP contribution < -0.4 is 5.73 Å². The highest BCUT2D eigenvalue weighted by atomic mass is 16.2. The third-order valence-corrected chi connectivity index (χ3v) is 5.07. The monoisotopic (exact) mass is 360 g/mol. The van der Waals surface area contributed by atoms with Crippen LogP contribution in [0.1, 0.15) is 45.3 Å². The Hall–Kier alpha value is -3.28. The van der Waals surface area contributed by atoms with E-state index in [4.69, 9.17) is 10.7 Å². The maximum Gasteiger partial charge on any atom is 0.272 e. The number of pyridine rings is 2. The van der Waals surface area contributed by atoms with E-state index in [2.05, 4.69) is 4.98 Å². The zero-order valence-corrected chi connectivity index (χ0v) is 14.8. The second-order valence-electron chi connectivity index (χ2n) is 6.76. The average Bonchev–Trinajstić information content (AvgIpc) is 2.73. The molecule has 1 saturated heterocycles. The molecule has 0 radical (unpaired) electrons. The lowest BCUT2D eigenvalue weighted by molar-refractivity contribution is 0.0705. The quantitative estimate of drug-likeness (QED) is 0.778. The van der Waals surface area contributed by atoms with Crippen molar-refractivity contribution in [2.75, 3.05) is 13.1 Å². The van der Waals surface area contributed by atoms with Crippen molar-refractivity contribution >= 4 is 22.7 Å². The van der Waals surface area contributed by atoms with Crippen LogP contribution in [0, 0.1) is 0 Å². The van der Waals surface area contributed by atoms with Crippen molar-refractivity contribution in [2.45, 2.75) is 18.8 Å². The van der Waals surface area contributed by atoms with Gasteiger partial charge in [0.2, 0.25) is 0 Å². The van der Waals surface area contributed by atoms with Gasteiger partial charge in [-0.2, -0.15) is 0 Å². The van der Waals surface area contributed by atoms with Crippen molar-refractivity contribution in [1.82, 2.24) is 14.9 Å². The van der Waals surface area contributed by atoms with Crippen LogP contribution in [0.25, 0.3) is 10.9 Å². The highest BCUT2D eigenvalue weighted by Crippen LogP contribution is 2.31. The minimum atomic E-state index is -0.463. The van der Waals surface area contributed by atoms with E-state index in [0.717, 1.165) is 29.4 Å². The number of rotatable bonds is 3. The van der Waals surface area contributed by atoms with E-state index in [1.54, 1.807) is 18.3 Å². The molecule has 0 unspecified atom stereocenters. The summed E-state index contributed by atoms with van der Waals surface area (Å²) in [7, 11) is 0. The fourth-order valence-corrected chi connectivity index (χ4v) is 3.65. The lowest BCUT2D eigenvalue weighted by atomic mass is 9.89. The summed E-state index contributed by atoms with van der Waals surface area (Å²) in [6.07, 6.45) is 3.10. The Morgan fingerprint density at radius 3 is 2.48 bits per heavy atom. The average molecular weight is 360 g/mol. The third kappa shape index (κ3) is 3.38. The van der Waals surface area contributed by atoms with Gasteiger partial charge in [0.05, 0.1) is 16.8 Å². The Labute approximate surface area is 157 Å². The second-order valence-corrected chi connectivity index (χ2v) is 6.76. The fraction of sp³-hybridized carbons (Fsp3) is 0.238. The summed E-state index contributed by atoms with van der Waals surface area (Å²) in [4.78, 5) is 35.2. The van der Waals surface area contributed by atoms with Crippen LogP contribution in [0.15, 0.2) is 54.7 Å². The molecule has 6 nitrogen and oxygen atoms in total. The van der Waals surface area contributed by atoms with Crippen LogP contribution in [-0.2, 0) is 0 Å². The van der Waals surface area contributed by atoms with E-state index in [1.165, 1.54) is 0 Å². The first-order valence-electron chi connectivity index (χ1n) is 9.03. The molecular weight excluding hydrogens is 340 g/mol. The molecule has 0 atom stereocenters. The summed E-state index contributed by atoms with van der Waals surface area (Å²) >= 11 is 0. The summed E-state index contributed by atoms with van der Waals surface area (Å²) in [5, 5.41) is 0.901. The van der Waals surface area contributed by atoms with Gasteiger partial charge in [-0.15, -0.1) is 0 Å². The zero-order valence-electron chi connectivity index (χ0n) is 14.8. The van der Waals surface area contributed by atoms with Gasteiger partial charge >= 0.3 is 0 Å². The number of piperidine rings is 1. The standard InChI is InChI=1S/C21H20N4O2/c22-20(26)16-13-15-5-1-2-6-17(15)24-19(16)14-8-11-25(12-9-14)21(27)18-7-3-4-10-23-18/h1-7,10,13-14H,8-9,11-12H2,(H2,22,26). The highest BCUT2D eigenvalue weighted by molar-refractivity contribution is 5.98. The third-order valence-electron chi connectivity index (χ3n) is 5.07. The summed E-state index contributed by atoms with van der Waals surface area (Å²) in [6, 6.07) is 14.9. The lowest BCUT2D eigenvalue weighted by Gasteiger charge is -2.32. The van der Waals surface area contributed by atoms with Crippen LogP contribution in [0.4, 0.5) is 0 Å². The number of nitrogens with two attached hydrogens (primary N) is 1. The van der Waals surface area contributed by atoms with Gasteiger partial charge in [0.25, 0.3) is 11.8 Å². The number of primary amides is 1. The number of amides is 2. The van der Waals surface area contributed by atoms with E-state index in [0.29, 0.717) is 24.3 Å². The molecule has 0 saturated carbocycles. The van der Waals surface area contributed by atoms with Crippen LogP contribution in [-0.4, -0.2) is 39.8 Å². The van der Waals surface area contributed by atoms with Crippen molar-refractivity contribution < 1.29 is 9.59 Å². The van der Waals surface area contributed by atoms with Crippen LogP contribution >= 0.6 is 0 Å². The molecule has 136 valence electrons. The molecule has 2 aromatic heterocycles. The molecule has 1 aliphatic rings. The zero-order chi connectivity index (χ0) is 18.8. The summed E-state index contributed by atoms with van der Waals surface area (Å²) in [5.74, 6) is -0.421. The Bertz CT molecular complexity index is 995. The van der Waals surface area contributed by atoms with Gasteiger partial charge in [0.1, 0.15) is 5.69 Å².